The summed E-state index contributed by atoms with van der Waals surface area (Å²) in [6, 6.07) is 10.5. The number of rotatable bonds is 3. The maximum atomic E-state index is 12.6. The lowest BCUT2D eigenvalue weighted by atomic mass is 10.0. The molecule has 1 aromatic heterocycles. The molecule has 2 heterocycles. The fourth-order valence-corrected chi connectivity index (χ4v) is 3.33. The number of nitrogens with zero attached hydrogens (tertiary/aromatic N) is 3. The van der Waals surface area contributed by atoms with Crippen LogP contribution in [0.15, 0.2) is 36.4 Å². The highest BCUT2D eigenvalue weighted by atomic mass is 16.2. The predicted octanol–water partition coefficient (Wildman–Crippen LogP) is 3.41. The van der Waals surface area contributed by atoms with Crippen LogP contribution in [0, 0.1) is 13.8 Å². The van der Waals surface area contributed by atoms with E-state index in [1.165, 1.54) is 5.56 Å². The van der Waals surface area contributed by atoms with Crippen LogP contribution in [0.25, 0.3) is 6.08 Å². The van der Waals surface area contributed by atoms with Crippen LogP contribution in [0.1, 0.15) is 41.4 Å². The largest absolute Gasteiger partial charge is 0.332 e. The summed E-state index contributed by atoms with van der Waals surface area (Å²) < 4.78 is 1.85. The third-order valence-corrected chi connectivity index (χ3v) is 4.68. The molecule has 0 aliphatic carbocycles. The highest BCUT2D eigenvalue weighted by Crippen LogP contribution is 2.32. The Morgan fingerprint density at radius 1 is 1.26 bits per heavy atom. The van der Waals surface area contributed by atoms with Crippen LogP contribution >= 0.6 is 0 Å². The van der Waals surface area contributed by atoms with Crippen LogP contribution in [0.4, 0.5) is 0 Å². The molecule has 2 aromatic rings. The van der Waals surface area contributed by atoms with Gasteiger partial charge in [0, 0.05) is 30.9 Å². The van der Waals surface area contributed by atoms with Crippen LogP contribution in [-0.4, -0.2) is 27.1 Å². The lowest BCUT2D eigenvalue weighted by Gasteiger charge is -2.23. The Balaban J connectivity index is 1.78. The number of amides is 1. The molecule has 1 amide bonds. The first-order valence-corrected chi connectivity index (χ1v) is 8.11. The van der Waals surface area contributed by atoms with Gasteiger partial charge in [-0.05, 0) is 38.3 Å². The van der Waals surface area contributed by atoms with Crippen molar-refractivity contribution in [3.8, 4) is 0 Å². The van der Waals surface area contributed by atoms with E-state index in [-0.39, 0.29) is 11.9 Å². The van der Waals surface area contributed by atoms with Gasteiger partial charge in [0.15, 0.2) is 0 Å². The molecule has 0 N–H and O–H groups in total. The Morgan fingerprint density at radius 2 is 2.00 bits per heavy atom. The molecule has 1 aliphatic rings. The number of likely N-dealkylation sites (tertiary alicyclic amines) is 1. The van der Waals surface area contributed by atoms with E-state index in [2.05, 4.69) is 17.2 Å². The van der Waals surface area contributed by atoms with Crippen LogP contribution < -0.4 is 0 Å². The van der Waals surface area contributed by atoms with Gasteiger partial charge in [-0.25, -0.2) is 0 Å². The monoisotopic (exact) mass is 309 g/mol. The van der Waals surface area contributed by atoms with E-state index in [0.29, 0.717) is 0 Å². The van der Waals surface area contributed by atoms with Crippen molar-refractivity contribution in [2.45, 2.75) is 32.7 Å². The van der Waals surface area contributed by atoms with E-state index in [4.69, 9.17) is 0 Å². The van der Waals surface area contributed by atoms with Gasteiger partial charge in [-0.1, -0.05) is 30.3 Å². The second-order valence-electron chi connectivity index (χ2n) is 6.14. The minimum atomic E-state index is 0.0824. The summed E-state index contributed by atoms with van der Waals surface area (Å²) in [7, 11) is 1.92. The molecule has 4 nitrogen and oxygen atoms in total. The number of hydrogen-bond donors (Lipinski definition) is 0. The third kappa shape index (κ3) is 3.07. The van der Waals surface area contributed by atoms with Crippen molar-refractivity contribution < 1.29 is 4.79 Å². The highest BCUT2D eigenvalue weighted by Gasteiger charge is 2.28. The molecule has 4 heteroatoms. The minimum Gasteiger partial charge on any atom is -0.332 e. The first kappa shape index (κ1) is 15.5. The van der Waals surface area contributed by atoms with Crippen molar-refractivity contribution in [3.63, 3.8) is 0 Å². The summed E-state index contributed by atoms with van der Waals surface area (Å²) in [5, 5.41) is 4.39. The molecule has 1 saturated heterocycles. The van der Waals surface area contributed by atoms with Crippen LogP contribution in [-0.2, 0) is 11.8 Å². The number of benzene rings is 1. The molecular weight excluding hydrogens is 286 g/mol. The normalized spacial score (nSPS) is 18.0. The number of carbonyl (C=O) groups is 1. The van der Waals surface area contributed by atoms with Gasteiger partial charge in [0.2, 0.25) is 5.91 Å². The number of aromatic nitrogens is 2. The van der Waals surface area contributed by atoms with E-state index in [1.54, 1.807) is 6.08 Å². The summed E-state index contributed by atoms with van der Waals surface area (Å²) in [5.41, 5.74) is 4.29. The van der Waals surface area contributed by atoms with E-state index in [0.717, 1.165) is 36.3 Å². The van der Waals surface area contributed by atoms with E-state index in [1.807, 2.05) is 54.8 Å². The first-order chi connectivity index (χ1) is 11.1. The molecule has 1 aliphatic heterocycles. The van der Waals surface area contributed by atoms with Gasteiger partial charge in [-0.15, -0.1) is 0 Å². The van der Waals surface area contributed by atoms with Crippen molar-refractivity contribution in [2.75, 3.05) is 6.54 Å². The van der Waals surface area contributed by atoms with Gasteiger partial charge in [-0.3, -0.25) is 9.48 Å². The Bertz CT molecular complexity index is 731. The average molecular weight is 309 g/mol. The number of carbonyl (C=O) groups excluding carboxylic acids is 1. The molecule has 23 heavy (non-hydrogen) atoms. The Morgan fingerprint density at radius 3 is 2.65 bits per heavy atom. The molecule has 0 unspecified atom stereocenters. The zero-order valence-electron chi connectivity index (χ0n) is 14.0. The Labute approximate surface area is 137 Å². The summed E-state index contributed by atoms with van der Waals surface area (Å²) in [5.74, 6) is 0.0824. The third-order valence-electron chi connectivity index (χ3n) is 4.68. The van der Waals surface area contributed by atoms with E-state index in [9.17, 15) is 4.79 Å². The van der Waals surface area contributed by atoms with Gasteiger partial charge in [0.05, 0.1) is 11.7 Å². The lowest BCUT2D eigenvalue weighted by Crippen LogP contribution is -2.28. The zero-order valence-corrected chi connectivity index (χ0v) is 14.0. The van der Waals surface area contributed by atoms with Gasteiger partial charge in [0.25, 0.3) is 0 Å². The second kappa shape index (κ2) is 6.41. The van der Waals surface area contributed by atoms with E-state index < -0.39 is 0 Å². The minimum absolute atomic E-state index is 0.0824. The van der Waals surface area contributed by atoms with Crippen molar-refractivity contribution in [2.24, 2.45) is 7.05 Å². The summed E-state index contributed by atoms with van der Waals surface area (Å²) >= 11 is 0. The molecule has 1 fully saturated rings. The quantitative estimate of drug-likeness (QED) is 0.815. The van der Waals surface area contributed by atoms with Crippen LogP contribution in [0.5, 0.6) is 0 Å². The molecule has 120 valence electrons. The first-order valence-electron chi connectivity index (χ1n) is 8.11. The molecule has 0 spiro atoms. The molecule has 0 radical (unpaired) electrons. The topological polar surface area (TPSA) is 38.1 Å². The maximum absolute atomic E-state index is 12.6. The summed E-state index contributed by atoms with van der Waals surface area (Å²) in [6.45, 7) is 4.82. The van der Waals surface area contributed by atoms with Gasteiger partial charge in [-0.2, -0.15) is 5.10 Å². The molecule has 0 saturated carbocycles. The van der Waals surface area contributed by atoms with Crippen molar-refractivity contribution >= 4 is 12.0 Å². The second-order valence-corrected chi connectivity index (χ2v) is 6.14. The van der Waals surface area contributed by atoms with Gasteiger partial charge >= 0.3 is 0 Å². The molecular formula is C19H23N3O. The Hall–Kier alpha value is -2.36. The summed E-state index contributed by atoms with van der Waals surface area (Å²) in [6.07, 6.45) is 5.69. The van der Waals surface area contributed by atoms with Crippen molar-refractivity contribution in [1.29, 1.82) is 0 Å². The van der Waals surface area contributed by atoms with Gasteiger partial charge in [0.1, 0.15) is 0 Å². The highest BCUT2D eigenvalue weighted by molar-refractivity contribution is 5.92. The average Bonchev–Trinajstić information content (AvgIpc) is 3.13. The van der Waals surface area contributed by atoms with Crippen LogP contribution in [0.3, 0.4) is 0 Å². The summed E-state index contributed by atoms with van der Waals surface area (Å²) in [4.78, 5) is 14.6. The number of aryl methyl sites for hydroxylation is 2. The SMILES string of the molecule is Cc1nn(C)c(C)c1/C=C\C(=O)N1CCC[C@H]1c1ccccc1. The predicted molar refractivity (Wildman–Crippen MR) is 91.8 cm³/mol. The van der Waals surface area contributed by atoms with Crippen LogP contribution in [0.2, 0.25) is 0 Å². The molecule has 0 bridgehead atoms. The smallest absolute Gasteiger partial charge is 0.247 e. The Kier molecular flexibility index (Phi) is 4.33. The zero-order chi connectivity index (χ0) is 16.4. The van der Waals surface area contributed by atoms with Gasteiger partial charge < -0.3 is 4.90 Å². The maximum Gasteiger partial charge on any atom is 0.247 e. The molecule has 3 rings (SSSR count). The lowest BCUT2D eigenvalue weighted by molar-refractivity contribution is -0.126. The van der Waals surface area contributed by atoms with Crippen molar-refractivity contribution in [3.05, 3.63) is 58.9 Å². The fourth-order valence-electron chi connectivity index (χ4n) is 3.33. The fraction of sp³-hybridized carbons (Fsp3) is 0.368. The molecule has 1 atom stereocenters. The van der Waals surface area contributed by atoms with E-state index >= 15 is 0 Å². The molecule has 1 aromatic carbocycles. The standard InChI is InChI=1S/C19H23N3O/c1-14-17(15(2)21(3)20-14)11-12-19(23)22-13-7-10-18(22)16-8-5-4-6-9-16/h4-6,8-9,11-12,18H,7,10,13H2,1-3H3/b12-11-/t18-/m0/s1. The van der Waals surface area contributed by atoms with Crippen molar-refractivity contribution in [1.82, 2.24) is 14.7 Å². The number of hydrogen-bond acceptors (Lipinski definition) is 2.